The number of amides is 1. The average molecular weight is 409 g/mol. The second-order valence-corrected chi connectivity index (χ2v) is 7.28. The first-order valence-electron chi connectivity index (χ1n) is 8.30. The summed E-state index contributed by atoms with van der Waals surface area (Å²) in [5, 5.41) is 16.6. The van der Waals surface area contributed by atoms with Gasteiger partial charge < -0.3 is 10.1 Å². The van der Waals surface area contributed by atoms with Gasteiger partial charge in [-0.15, -0.1) is 22.7 Å². The quantitative estimate of drug-likeness (QED) is 0.365. The van der Waals surface area contributed by atoms with Crippen LogP contribution in [0.25, 0.3) is 16.0 Å². The molecule has 0 spiro atoms. The number of nitrogens with zero attached hydrogens (tertiary/aromatic N) is 2. The summed E-state index contributed by atoms with van der Waals surface area (Å²) in [5.41, 5.74) is 1.35. The number of thiazole rings is 1. The third-order valence-corrected chi connectivity index (χ3v) is 5.46. The SMILES string of the molecule is CCOC(=O)c1ccc(NC(=O)/C(C#N)=C\c2csc(-c3cccs3)n2)cc1. The molecule has 0 atom stereocenters. The third-order valence-electron chi connectivity index (χ3n) is 3.57. The molecule has 3 rings (SSSR count). The van der Waals surface area contributed by atoms with Crippen molar-refractivity contribution in [1.29, 1.82) is 5.26 Å². The number of nitrogens with one attached hydrogen (secondary N) is 1. The number of esters is 1. The summed E-state index contributed by atoms with van der Waals surface area (Å²) in [7, 11) is 0. The van der Waals surface area contributed by atoms with Crippen molar-refractivity contribution in [3.63, 3.8) is 0 Å². The number of rotatable bonds is 6. The van der Waals surface area contributed by atoms with Gasteiger partial charge in [-0.2, -0.15) is 5.26 Å². The maximum atomic E-state index is 12.4. The van der Waals surface area contributed by atoms with Crippen molar-refractivity contribution in [3.05, 3.63) is 64.0 Å². The summed E-state index contributed by atoms with van der Waals surface area (Å²) < 4.78 is 4.92. The average Bonchev–Trinajstić information content (AvgIpc) is 3.38. The van der Waals surface area contributed by atoms with Gasteiger partial charge >= 0.3 is 5.97 Å². The van der Waals surface area contributed by atoms with E-state index in [1.54, 1.807) is 47.9 Å². The summed E-state index contributed by atoms with van der Waals surface area (Å²) in [6.45, 7) is 2.02. The molecule has 6 nitrogen and oxygen atoms in total. The van der Waals surface area contributed by atoms with E-state index in [0.29, 0.717) is 23.6 Å². The van der Waals surface area contributed by atoms with Crippen LogP contribution in [-0.2, 0) is 9.53 Å². The molecule has 8 heteroatoms. The molecule has 0 unspecified atom stereocenters. The molecule has 0 aliphatic heterocycles. The minimum Gasteiger partial charge on any atom is -0.462 e. The Morgan fingerprint density at radius 2 is 2.04 bits per heavy atom. The lowest BCUT2D eigenvalue weighted by atomic mass is 10.2. The van der Waals surface area contributed by atoms with E-state index in [1.165, 1.54) is 17.4 Å². The van der Waals surface area contributed by atoms with Crippen LogP contribution < -0.4 is 5.32 Å². The summed E-state index contributed by atoms with van der Waals surface area (Å²) in [6.07, 6.45) is 1.45. The predicted octanol–water partition coefficient (Wildman–Crippen LogP) is 4.59. The van der Waals surface area contributed by atoms with Crippen LogP contribution in [0.15, 0.2) is 52.7 Å². The molecule has 0 radical (unpaired) electrons. The van der Waals surface area contributed by atoms with Gasteiger partial charge in [-0.1, -0.05) is 6.07 Å². The predicted molar refractivity (Wildman–Crippen MR) is 110 cm³/mol. The first-order valence-corrected chi connectivity index (χ1v) is 10.1. The van der Waals surface area contributed by atoms with Crippen molar-refractivity contribution in [3.8, 4) is 16.0 Å². The van der Waals surface area contributed by atoms with Gasteiger partial charge in [0.2, 0.25) is 0 Å². The maximum absolute atomic E-state index is 12.4. The van der Waals surface area contributed by atoms with Crippen molar-refractivity contribution in [2.75, 3.05) is 11.9 Å². The van der Waals surface area contributed by atoms with Crippen molar-refractivity contribution in [2.45, 2.75) is 6.92 Å². The summed E-state index contributed by atoms with van der Waals surface area (Å²) in [6, 6.07) is 12.1. The van der Waals surface area contributed by atoms with Crippen LogP contribution in [0.3, 0.4) is 0 Å². The summed E-state index contributed by atoms with van der Waals surface area (Å²) in [5.74, 6) is -0.972. The normalized spacial score (nSPS) is 10.9. The first-order chi connectivity index (χ1) is 13.6. The molecule has 1 aromatic carbocycles. The molecule has 0 fully saturated rings. The number of hydrogen-bond acceptors (Lipinski definition) is 7. The molecule has 2 heterocycles. The zero-order valence-electron chi connectivity index (χ0n) is 14.8. The van der Waals surface area contributed by atoms with E-state index < -0.39 is 11.9 Å². The fraction of sp³-hybridized carbons (Fsp3) is 0.100. The molecule has 140 valence electrons. The second kappa shape index (κ2) is 9.08. The lowest BCUT2D eigenvalue weighted by Gasteiger charge is -2.05. The van der Waals surface area contributed by atoms with Gasteiger partial charge in [-0.25, -0.2) is 9.78 Å². The van der Waals surface area contributed by atoms with Gasteiger partial charge in [0.05, 0.1) is 22.7 Å². The molecule has 1 N–H and O–H groups in total. The van der Waals surface area contributed by atoms with E-state index in [9.17, 15) is 14.9 Å². The van der Waals surface area contributed by atoms with Gasteiger partial charge in [0, 0.05) is 11.1 Å². The molecule has 0 aliphatic rings. The molecule has 1 amide bonds. The summed E-state index contributed by atoms with van der Waals surface area (Å²) in [4.78, 5) is 29.5. The number of ether oxygens (including phenoxy) is 1. The summed E-state index contributed by atoms with van der Waals surface area (Å²) >= 11 is 3.03. The number of carbonyl (C=O) groups is 2. The Kier molecular flexibility index (Phi) is 6.32. The Hall–Kier alpha value is -3.28. The standard InChI is InChI=1S/C20H15N3O3S2/c1-2-26-20(25)13-5-7-15(8-6-13)22-18(24)14(11-21)10-16-12-28-19(23-16)17-4-3-9-27-17/h3-10,12H,2H2,1H3,(H,22,24)/b14-10-. The minimum atomic E-state index is -0.544. The van der Waals surface area contributed by atoms with Crippen LogP contribution in [0, 0.1) is 11.3 Å². The molecule has 0 aliphatic carbocycles. The molecule has 2 aromatic heterocycles. The van der Waals surface area contributed by atoms with Crippen LogP contribution in [0.1, 0.15) is 23.0 Å². The smallest absolute Gasteiger partial charge is 0.338 e. The van der Waals surface area contributed by atoms with Gasteiger partial charge in [0.15, 0.2) is 0 Å². The second-order valence-electron chi connectivity index (χ2n) is 5.48. The number of anilines is 1. The van der Waals surface area contributed by atoms with E-state index in [1.807, 2.05) is 23.6 Å². The van der Waals surface area contributed by atoms with Crippen LogP contribution >= 0.6 is 22.7 Å². The molecular weight excluding hydrogens is 394 g/mol. The zero-order chi connectivity index (χ0) is 19.9. The minimum absolute atomic E-state index is 0.0579. The highest BCUT2D eigenvalue weighted by Crippen LogP contribution is 2.28. The number of thiophene rings is 1. The van der Waals surface area contributed by atoms with Gasteiger partial charge in [0.1, 0.15) is 16.6 Å². The van der Waals surface area contributed by atoms with E-state index in [-0.39, 0.29) is 5.57 Å². The van der Waals surface area contributed by atoms with E-state index in [0.717, 1.165) is 9.88 Å². The number of nitriles is 1. The largest absolute Gasteiger partial charge is 0.462 e. The highest BCUT2D eigenvalue weighted by atomic mass is 32.1. The number of carbonyl (C=O) groups excluding carboxylic acids is 2. The monoisotopic (exact) mass is 409 g/mol. The van der Waals surface area contributed by atoms with Gasteiger partial charge in [0.25, 0.3) is 5.91 Å². The lowest BCUT2D eigenvalue weighted by molar-refractivity contribution is -0.112. The Labute approximate surface area is 169 Å². The Bertz CT molecular complexity index is 1050. The van der Waals surface area contributed by atoms with Gasteiger partial charge in [-0.05, 0) is 48.7 Å². The fourth-order valence-electron chi connectivity index (χ4n) is 2.26. The molecule has 3 aromatic rings. The van der Waals surface area contributed by atoms with Crippen molar-refractivity contribution < 1.29 is 14.3 Å². The molecule has 28 heavy (non-hydrogen) atoms. The number of aromatic nitrogens is 1. The van der Waals surface area contributed by atoms with E-state index in [2.05, 4.69) is 10.3 Å². The van der Waals surface area contributed by atoms with E-state index in [4.69, 9.17) is 4.74 Å². The van der Waals surface area contributed by atoms with Crippen LogP contribution in [0.5, 0.6) is 0 Å². The molecule has 0 saturated heterocycles. The van der Waals surface area contributed by atoms with Crippen molar-refractivity contribution >= 4 is 46.3 Å². The maximum Gasteiger partial charge on any atom is 0.338 e. The first kappa shape index (κ1) is 19.5. The highest BCUT2D eigenvalue weighted by molar-refractivity contribution is 7.20. The van der Waals surface area contributed by atoms with Gasteiger partial charge in [-0.3, -0.25) is 4.79 Å². The third kappa shape index (κ3) is 4.71. The Balaban J connectivity index is 1.71. The molecule has 0 bridgehead atoms. The Morgan fingerprint density at radius 3 is 2.68 bits per heavy atom. The molecule has 0 saturated carbocycles. The van der Waals surface area contributed by atoms with E-state index >= 15 is 0 Å². The Morgan fingerprint density at radius 1 is 1.25 bits per heavy atom. The molecular formula is C20H15N3O3S2. The zero-order valence-corrected chi connectivity index (χ0v) is 16.5. The lowest BCUT2D eigenvalue weighted by Crippen LogP contribution is -2.13. The van der Waals surface area contributed by atoms with Crippen LogP contribution in [0.2, 0.25) is 0 Å². The van der Waals surface area contributed by atoms with Crippen LogP contribution in [0.4, 0.5) is 5.69 Å². The fourth-order valence-corrected chi connectivity index (χ4v) is 3.86. The van der Waals surface area contributed by atoms with Crippen molar-refractivity contribution in [2.24, 2.45) is 0 Å². The van der Waals surface area contributed by atoms with Crippen molar-refractivity contribution in [1.82, 2.24) is 4.98 Å². The number of hydrogen-bond donors (Lipinski definition) is 1. The van der Waals surface area contributed by atoms with Crippen LogP contribution in [-0.4, -0.2) is 23.5 Å². The number of benzene rings is 1. The topological polar surface area (TPSA) is 92.1 Å². The highest BCUT2D eigenvalue weighted by Gasteiger charge is 2.12.